The summed E-state index contributed by atoms with van der Waals surface area (Å²) in [6.07, 6.45) is 0. The third-order valence-corrected chi connectivity index (χ3v) is 0. The second-order valence-corrected chi connectivity index (χ2v) is 1.37. The summed E-state index contributed by atoms with van der Waals surface area (Å²) in [4.78, 5) is 0. The fraction of sp³-hybridized carbons (Fsp3) is 0. The molecule has 0 N–H and O–H groups in total. The summed E-state index contributed by atoms with van der Waals surface area (Å²) in [5.74, 6) is 0. The van der Waals surface area contributed by atoms with Crippen LogP contribution in [0, 0.1) is 0 Å². The van der Waals surface area contributed by atoms with Gasteiger partial charge in [-0.1, -0.05) is 0 Å². The molecule has 0 fully saturated rings. The molecule has 0 atom stereocenters. The smallest absolute Gasteiger partial charge is 2.00 e. The first-order valence-electron chi connectivity index (χ1n) is 0.500. The van der Waals surface area contributed by atoms with E-state index in [2.05, 4.69) is 0 Å². The maximum atomic E-state index is 8.59. The van der Waals surface area contributed by atoms with Gasteiger partial charge in [-0.3, -0.25) is 0 Å². The third kappa shape index (κ3) is 31.2. The van der Waals surface area contributed by atoms with Crippen molar-refractivity contribution >= 4 is 47.7 Å². The minimum Gasteiger partial charge on any atom is 2.00 e. The second-order valence-electron chi connectivity index (χ2n) is 0.204. The van der Waals surface area contributed by atoms with Crippen LogP contribution in [0.3, 0.4) is 0 Å². The molecule has 0 saturated heterocycles. The van der Waals surface area contributed by atoms with Crippen molar-refractivity contribution in [2.45, 2.75) is 0 Å². The zero-order chi connectivity index (χ0) is 3.58. The van der Waals surface area contributed by atoms with Crippen LogP contribution in [0.2, 0.25) is 0 Å². The van der Waals surface area contributed by atoms with Crippen molar-refractivity contribution in [1.82, 2.24) is 0 Å². The summed E-state index contributed by atoms with van der Waals surface area (Å²) in [7, 11) is 0. The Morgan fingerprint density at radius 1 is 1.40 bits per heavy atom. The van der Waals surface area contributed by atoms with E-state index in [0.29, 0.717) is 0 Å². The van der Waals surface area contributed by atoms with E-state index in [9.17, 15) is 0 Å². The summed E-state index contributed by atoms with van der Waals surface area (Å²) in [5.41, 5.74) is 0. The Labute approximate surface area is 57.3 Å². The molecule has 0 aliphatic heterocycles. The van der Waals surface area contributed by atoms with Crippen LogP contribution in [0.15, 0.2) is 0 Å². The van der Waals surface area contributed by atoms with Crippen LogP contribution < -0.4 is 6.94 Å². The van der Waals surface area contributed by atoms with Crippen LogP contribution in [-0.4, -0.2) is 47.7 Å². The first-order chi connectivity index (χ1) is 1.73. The van der Waals surface area contributed by atoms with Gasteiger partial charge < -0.3 is 0 Å². The zero-order valence-corrected chi connectivity index (χ0v) is 8.35. The maximum Gasteiger partial charge on any atom is 2.00 e. The number of hydrogen-bond acceptors (Lipinski definition) is 3. The summed E-state index contributed by atoms with van der Waals surface area (Å²) < 4.78 is 25.8. The summed E-state index contributed by atoms with van der Waals surface area (Å²) in [6.45, 7) is 0. The van der Waals surface area contributed by atoms with Gasteiger partial charge in [-0.25, -0.2) is 0 Å². The van der Waals surface area contributed by atoms with Crippen molar-refractivity contribution < 1.29 is 10.0 Å². The first-order valence-corrected chi connectivity index (χ1v) is 3.35. The molecule has 3 nitrogen and oxygen atoms in total. The van der Waals surface area contributed by atoms with Gasteiger partial charge in [-0.15, -0.1) is 0 Å². The van der Waals surface area contributed by atoms with Gasteiger partial charge in [0.25, 0.3) is 0 Å². The van der Waals surface area contributed by atoms with Crippen LogP contribution in [0.4, 0.5) is 0 Å². The van der Waals surface area contributed by atoms with E-state index >= 15 is 0 Å². The standard InChI is InChI=1S/H2O3Te.Pb/c1-4(2)3;/h(H2,1,2,3);/q;+2/p-2. The average Bonchev–Trinajstić information content (AvgIpc) is 0.811. The molecule has 5 heteroatoms. The summed E-state index contributed by atoms with van der Waals surface area (Å²) >= 11 is -4.11. The molecule has 0 aromatic rings. The van der Waals surface area contributed by atoms with E-state index < -0.39 is 20.4 Å². The fourth-order valence-corrected chi connectivity index (χ4v) is 0. The first kappa shape index (κ1) is 9.66. The zero-order valence-electron chi connectivity index (χ0n) is 2.13. The predicted molar refractivity (Wildman–Crippen MR) is 12.2 cm³/mol. The average molecular weight is 383 g/mol. The Balaban J connectivity index is 0. The molecular formula is O3PbTe. The molecule has 0 aromatic carbocycles. The molecule has 0 unspecified atom stereocenters. The molecule has 0 saturated carbocycles. The van der Waals surface area contributed by atoms with Crippen molar-refractivity contribution in [3.63, 3.8) is 0 Å². The van der Waals surface area contributed by atoms with E-state index in [1.807, 2.05) is 0 Å². The van der Waals surface area contributed by atoms with Crippen LogP contribution in [-0.2, 0) is 3.10 Å². The minimum atomic E-state index is -4.11. The summed E-state index contributed by atoms with van der Waals surface area (Å²) in [5, 5.41) is 0. The van der Waals surface area contributed by atoms with Gasteiger partial charge in [0.1, 0.15) is 0 Å². The molecular weight excluding hydrogens is 383 g/mol. The number of hydrogen-bond donors (Lipinski definition) is 0. The molecule has 0 rings (SSSR count). The van der Waals surface area contributed by atoms with E-state index in [4.69, 9.17) is 10.0 Å². The van der Waals surface area contributed by atoms with Gasteiger partial charge in [0.05, 0.1) is 0 Å². The Kier molecular flexibility index (Phi) is 10.5. The topological polar surface area (TPSA) is 63.2 Å². The van der Waals surface area contributed by atoms with Crippen molar-refractivity contribution in [2.75, 3.05) is 0 Å². The fourth-order valence-electron chi connectivity index (χ4n) is 0. The molecule has 28 valence electrons. The quantitative estimate of drug-likeness (QED) is 0.413. The molecule has 0 heterocycles. The molecule has 0 amide bonds. The Morgan fingerprint density at radius 3 is 1.40 bits per heavy atom. The van der Waals surface area contributed by atoms with Crippen LogP contribution in [0.25, 0.3) is 0 Å². The summed E-state index contributed by atoms with van der Waals surface area (Å²) in [6, 6.07) is 0. The SMILES string of the molecule is O=[Te]([O-])[O-].[Pb+2]. The Hall–Kier alpha value is 1.43. The number of rotatable bonds is 0. The largest absolute Gasteiger partial charge is 2.00 e. The predicted octanol–water partition coefficient (Wildman–Crippen LogP) is -3.26. The van der Waals surface area contributed by atoms with Crippen LogP contribution >= 0.6 is 0 Å². The van der Waals surface area contributed by atoms with Gasteiger partial charge >= 0.3 is 57.7 Å². The normalized spacial score (nSPS) is 7.00. The van der Waals surface area contributed by atoms with E-state index in [1.165, 1.54) is 0 Å². The monoisotopic (exact) mass is 386 g/mol. The Morgan fingerprint density at radius 2 is 1.40 bits per heavy atom. The molecule has 0 bridgehead atoms. The van der Waals surface area contributed by atoms with Gasteiger partial charge in [0, 0.05) is 0 Å². The van der Waals surface area contributed by atoms with E-state index in [-0.39, 0.29) is 27.3 Å². The van der Waals surface area contributed by atoms with E-state index in [0.717, 1.165) is 0 Å². The third-order valence-electron chi connectivity index (χ3n) is 0. The van der Waals surface area contributed by atoms with Gasteiger partial charge in [0.15, 0.2) is 0 Å². The van der Waals surface area contributed by atoms with Gasteiger partial charge in [-0.05, 0) is 0 Å². The maximum absolute atomic E-state index is 8.59. The van der Waals surface area contributed by atoms with Crippen molar-refractivity contribution in [3.8, 4) is 0 Å². The van der Waals surface area contributed by atoms with Crippen molar-refractivity contribution in [2.24, 2.45) is 0 Å². The van der Waals surface area contributed by atoms with Crippen LogP contribution in [0.1, 0.15) is 0 Å². The molecule has 0 aliphatic carbocycles. The molecule has 5 heavy (non-hydrogen) atoms. The van der Waals surface area contributed by atoms with E-state index in [1.54, 1.807) is 0 Å². The van der Waals surface area contributed by atoms with Crippen molar-refractivity contribution in [1.29, 1.82) is 0 Å². The second kappa shape index (κ2) is 5.43. The minimum absolute atomic E-state index is 0. The molecule has 2 radical (unpaired) electrons. The molecule has 0 aliphatic rings. The van der Waals surface area contributed by atoms with Gasteiger partial charge in [-0.2, -0.15) is 0 Å². The van der Waals surface area contributed by atoms with Crippen LogP contribution in [0.5, 0.6) is 0 Å². The van der Waals surface area contributed by atoms with Gasteiger partial charge in [0.2, 0.25) is 0 Å². The molecule has 0 aromatic heterocycles. The Bertz CT molecular complexity index is 29.9. The molecule has 0 spiro atoms. The van der Waals surface area contributed by atoms with Crippen molar-refractivity contribution in [3.05, 3.63) is 0 Å².